The molecule has 1 aromatic heterocycles. The maximum Gasteiger partial charge on any atom is 0.329 e. The summed E-state index contributed by atoms with van der Waals surface area (Å²) in [6.07, 6.45) is 0. The summed E-state index contributed by atoms with van der Waals surface area (Å²) in [5, 5.41) is 16.2. The van der Waals surface area contributed by atoms with Gasteiger partial charge in [0.1, 0.15) is 18.0 Å². The lowest BCUT2D eigenvalue weighted by atomic mass is 9.99. The molecule has 0 fully saturated rings. The van der Waals surface area contributed by atoms with E-state index in [1.165, 1.54) is 5.56 Å². The Morgan fingerprint density at radius 3 is 1.85 bits per heavy atom. The number of hydrogen-bond donors (Lipinski definition) is 2. The lowest BCUT2D eigenvalue weighted by Crippen LogP contribution is -1.98. The fourth-order valence-corrected chi connectivity index (χ4v) is 2.73. The number of hydrogen-bond acceptors (Lipinski definition) is 3. The molecule has 0 amide bonds. The Hall–Kier alpha value is -3.37. The first-order valence-corrected chi connectivity index (χ1v) is 8.15. The van der Waals surface area contributed by atoms with Crippen molar-refractivity contribution in [2.75, 3.05) is 6.61 Å². The fourth-order valence-electron chi connectivity index (χ4n) is 2.73. The Kier molecular flexibility index (Phi) is 5.46. The number of aliphatic hydroxyl groups is 1. The third-order valence-corrected chi connectivity index (χ3v) is 3.83. The van der Waals surface area contributed by atoms with E-state index in [1.807, 2.05) is 36.4 Å². The molecule has 0 spiro atoms. The lowest BCUT2D eigenvalue weighted by molar-refractivity contribution is -0.140. The van der Waals surface area contributed by atoms with Gasteiger partial charge >= 0.3 is 5.97 Å². The van der Waals surface area contributed by atoms with E-state index in [9.17, 15) is 0 Å². The molecule has 0 aliphatic heterocycles. The molecule has 0 atom stereocenters. The van der Waals surface area contributed by atoms with E-state index in [0.29, 0.717) is 0 Å². The molecule has 4 nitrogen and oxygen atoms in total. The predicted octanol–water partition coefficient (Wildman–Crippen LogP) is 4.83. The van der Waals surface area contributed by atoms with Crippen molar-refractivity contribution >= 4 is 16.9 Å². The average molecular weight is 346 g/mol. The van der Waals surface area contributed by atoms with E-state index in [1.54, 1.807) is 0 Å². The molecular formula is C22H18O4. The standard InChI is InChI=1S/C20H14O.C2H4O3/c1-3-9-15(10-4-1)19-17-13-7-8-14-18(17)21-20(19)16-11-5-2-6-12-16;3-1-2(4)5/h1-14H;3H,1H2,(H,4,5). The summed E-state index contributed by atoms with van der Waals surface area (Å²) in [5.74, 6) is -0.256. The van der Waals surface area contributed by atoms with Gasteiger partial charge in [-0.25, -0.2) is 4.79 Å². The van der Waals surface area contributed by atoms with E-state index in [0.717, 1.165) is 27.9 Å². The molecule has 0 bridgehead atoms. The molecule has 4 rings (SSSR count). The minimum Gasteiger partial charge on any atom is -0.480 e. The van der Waals surface area contributed by atoms with Crippen molar-refractivity contribution in [3.63, 3.8) is 0 Å². The van der Waals surface area contributed by atoms with Crippen LogP contribution in [0.3, 0.4) is 0 Å². The zero-order valence-electron chi connectivity index (χ0n) is 14.0. The van der Waals surface area contributed by atoms with Crippen LogP contribution in [0.1, 0.15) is 0 Å². The van der Waals surface area contributed by atoms with E-state index >= 15 is 0 Å². The Bertz CT molecular complexity index is 989. The zero-order chi connectivity index (χ0) is 18.4. The first-order chi connectivity index (χ1) is 12.7. The van der Waals surface area contributed by atoms with Crippen molar-refractivity contribution < 1.29 is 19.4 Å². The van der Waals surface area contributed by atoms with Crippen LogP contribution in [0.2, 0.25) is 0 Å². The quantitative estimate of drug-likeness (QED) is 0.557. The number of aliphatic carboxylic acids is 1. The van der Waals surface area contributed by atoms with Crippen LogP contribution < -0.4 is 0 Å². The number of aliphatic hydroxyl groups excluding tert-OH is 1. The highest BCUT2D eigenvalue weighted by Gasteiger charge is 2.16. The first kappa shape index (κ1) is 17.5. The summed E-state index contributed by atoms with van der Waals surface area (Å²) in [6, 6.07) is 28.9. The van der Waals surface area contributed by atoms with Crippen molar-refractivity contribution in [3.05, 3.63) is 84.9 Å². The van der Waals surface area contributed by atoms with Gasteiger partial charge in [-0.2, -0.15) is 0 Å². The SMILES string of the molecule is O=C(O)CO.c1ccc(-c2oc3ccccc3c2-c2ccccc2)cc1. The van der Waals surface area contributed by atoms with Crippen molar-refractivity contribution in [3.8, 4) is 22.5 Å². The van der Waals surface area contributed by atoms with Gasteiger partial charge in [0.05, 0.1) is 0 Å². The number of rotatable bonds is 3. The molecule has 0 aliphatic carbocycles. The molecule has 0 saturated carbocycles. The van der Waals surface area contributed by atoms with Gasteiger partial charge in [-0.15, -0.1) is 0 Å². The van der Waals surface area contributed by atoms with Gasteiger partial charge in [-0.3, -0.25) is 0 Å². The summed E-state index contributed by atoms with van der Waals surface area (Å²) < 4.78 is 6.14. The van der Waals surface area contributed by atoms with Crippen molar-refractivity contribution in [1.29, 1.82) is 0 Å². The van der Waals surface area contributed by atoms with E-state index < -0.39 is 12.6 Å². The van der Waals surface area contributed by atoms with Crippen LogP contribution in [0.4, 0.5) is 0 Å². The maximum atomic E-state index is 9.12. The minimum atomic E-state index is -1.19. The van der Waals surface area contributed by atoms with E-state index in [4.69, 9.17) is 19.4 Å². The molecule has 0 unspecified atom stereocenters. The van der Waals surface area contributed by atoms with Gasteiger partial charge in [-0.05, 0) is 11.6 Å². The number of carboxylic acids is 1. The number of carbonyl (C=O) groups is 1. The molecule has 1 heterocycles. The van der Waals surface area contributed by atoms with Gasteiger partial charge in [0.15, 0.2) is 0 Å². The van der Waals surface area contributed by atoms with Gasteiger partial charge < -0.3 is 14.6 Å². The van der Waals surface area contributed by atoms with Crippen LogP contribution in [0.5, 0.6) is 0 Å². The Balaban J connectivity index is 0.000000349. The zero-order valence-corrected chi connectivity index (χ0v) is 14.0. The van der Waals surface area contributed by atoms with Crippen LogP contribution in [-0.2, 0) is 4.79 Å². The van der Waals surface area contributed by atoms with Crippen LogP contribution in [0.25, 0.3) is 33.4 Å². The number of fused-ring (bicyclic) bond motifs is 1. The molecule has 4 aromatic rings. The van der Waals surface area contributed by atoms with Crippen LogP contribution in [0.15, 0.2) is 89.3 Å². The molecule has 0 saturated heterocycles. The van der Waals surface area contributed by atoms with E-state index in [2.05, 4.69) is 48.5 Å². The smallest absolute Gasteiger partial charge is 0.329 e. The molecule has 4 heteroatoms. The van der Waals surface area contributed by atoms with Gasteiger partial charge in [0.25, 0.3) is 0 Å². The molecule has 130 valence electrons. The van der Waals surface area contributed by atoms with Gasteiger partial charge in [0, 0.05) is 16.5 Å². The second-order valence-electron chi connectivity index (χ2n) is 5.59. The molecule has 0 radical (unpaired) electrons. The topological polar surface area (TPSA) is 70.7 Å². The highest BCUT2D eigenvalue weighted by Crippen LogP contribution is 2.40. The van der Waals surface area contributed by atoms with E-state index in [-0.39, 0.29) is 0 Å². The second-order valence-corrected chi connectivity index (χ2v) is 5.59. The fraction of sp³-hybridized carbons (Fsp3) is 0.0455. The van der Waals surface area contributed by atoms with Crippen LogP contribution in [-0.4, -0.2) is 22.8 Å². The molecule has 26 heavy (non-hydrogen) atoms. The van der Waals surface area contributed by atoms with Gasteiger partial charge in [-0.1, -0.05) is 78.9 Å². The number of para-hydroxylation sites is 1. The Labute approximate surface area is 151 Å². The molecule has 0 aliphatic rings. The first-order valence-electron chi connectivity index (χ1n) is 8.15. The van der Waals surface area contributed by atoms with Crippen molar-refractivity contribution in [1.82, 2.24) is 0 Å². The number of furan rings is 1. The van der Waals surface area contributed by atoms with Crippen LogP contribution >= 0.6 is 0 Å². The summed E-state index contributed by atoms with van der Waals surface area (Å²) in [4.78, 5) is 9.12. The Morgan fingerprint density at radius 2 is 1.27 bits per heavy atom. The molecule has 3 aromatic carbocycles. The summed E-state index contributed by atoms with van der Waals surface area (Å²) in [7, 11) is 0. The second kappa shape index (κ2) is 8.14. The molecule has 2 N–H and O–H groups in total. The van der Waals surface area contributed by atoms with Crippen LogP contribution in [0, 0.1) is 0 Å². The third-order valence-electron chi connectivity index (χ3n) is 3.83. The Morgan fingerprint density at radius 1 is 0.769 bits per heavy atom. The highest BCUT2D eigenvalue weighted by molar-refractivity contribution is 6.01. The minimum absolute atomic E-state index is 0.778. The predicted molar refractivity (Wildman–Crippen MR) is 102 cm³/mol. The monoisotopic (exact) mass is 346 g/mol. The maximum absolute atomic E-state index is 9.12. The summed E-state index contributed by atoms with van der Waals surface area (Å²) in [6.45, 7) is -0.778. The summed E-state index contributed by atoms with van der Waals surface area (Å²) >= 11 is 0. The largest absolute Gasteiger partial charge is 0.480 e. The van der Waals surface area contributed by atoms with Crippen molar-refractivity contribution in [2.45, 2.75) is 0 Å². The normalized spacial score (nSPS) is 10.2. The third kappa shape index (κ3) is 3.82. The highest BCUT2D eigenvalue weighted by atomic mass is 16.4. The lowest BCUT2D eigenvalue weighted by Gasteiger charge is -2.03. The average Bonchev–Trinajstić information content (AvgIpc) is 3.09. The molecular weight excluding hydrogens is 328 g/mol. The number of carboxylic acid groups (broad SMARTS) is 1. The van der Waals surface area contributed by atoms with Crippen molar-refractivity contribution in [2.24, 2.45) is 0 Å². The van der Waals surface area contributed by atoms with Gasteiger partial charge in [0.2, 0.25) is 0 Å². The summed E-state index contributed by atoms with van der Waals surface area (Å²) in [5.41, 5.74) is 4.38. The number of benzene rings is 3.